The molecule has 0 saturated carbocycles. The molecule has 0 aliphatic carbocycles. The summed E-state index contributed by atoms with van der Waals surface area (Å²) in [4.78, 5) is 0. The fourth-order valence-corrected chi connectivity index (χ4v) is 1.48. The second-order valence-electron chi connectivity index (χ2n) is 1.83. The molecule has 2 aromatic rings. The summed E-state index contributed by atoms with van der Waals surface area (Å²) in [6.07, 6.45) is 0. The highest BCUT2D eigenvalue weighted by atomic mass is 32.1. The highest BCUT2D eigenvalue weighted by Crippen LogP contribution is 2.17. The maximum atomic E-state index is 3.06. The van der Waals surface area contributed by atoms with Gasteiger partial charge in [0.25, 0.3) is 0 Å². The molecule has 42 valence electrons. The van der Waals surface area contributed by atoms with Crippen molar-refractivity contribution in [2.24, 2.45) is 0 Å². The summed E-state index contributed by atoms with van der Waals surface area (Å²) in [5.74, 6) is 0. The molecule has 0 fully saturated rings. The van der Waals surface area contributed by atoms with Crippen LogP contribution in [0.5, 0.6) is 0 Å². The summed E-state index contributed by atoms with van der Waals surface area (Å²) in [6, 6.07) is 11.0. The molecule has 0 aliphatic rings. The van der Waals surface area contributed by atoms with Crippen molar-refractivity contribution in [2.45, 2.75) is 0 Å². The van der Waals surface area contributed by atoms with Crippen molar-refractivity contribution in [3.8, 4) is 0 Å². The van der Waals surface area contributed by atoms with Crippen LogP contribution in [0.1, 0.15) is 0 Å². The van der Waals surface area contributed by atoms with E-state index in [2.05, 4.69) is 11.4 Å². The quantitative estimate of drug-likeness (QED) is 0.516. The lowest BCUT2D eigenvalue weighted by Gasteiger charge is -1.81. The Morgan fingerprint density at radius 3 is 3.22 bits per heavy atom. The van der Waals surface area contributed by atoms with Gasteiger partial charge in [0.15, 0.2) is 0 Å². The van der Waals surface area contributed by atoms with Gasteiger partial charge in [0.05, 0.1) is 0 Å². The second kappa shape index (κ2) is 1.85. The van der Waals surface area contributed by atoms with E-state index in [0.29, 0.717) is 0 Å². The van der Waals surface area contributed by atoms with Crippen molar-refractivity contribution in [3.63, 3.8) is 0 Å². The average Bonchev–Trinajstić information content (AvgIpc) is 2.33. The van der Waals surface area contributed by atoms with Crippen LogP contribution < -0.4 is 0 Å². The maximum absolute atomic E-state index is 3.06. The summed E-state index contributed by atoms with van der Waals surface area (Å²) in [5.41, 5.74) is 0. The van der Waals surface area contributed by atoms with Gasteiger partial charge in [0.1, 0.15) is 0 Å². The molecule has 1 heterocycles. The maximum Gasteiger partial charge on any atom is 0.0455 e. The topological polar surface area (TPSA) is 0 Å². The third kappa shape index (κ3) is 0.736. The van der Waals surface area contributed by atoms with E-state index in [9.17, 15) is 0 Å². The van der Waals surface area contributed by atoms with Crippen molar-refractivity contribution in [2.75, 3.05) is 0 Å². The molecule has 0 nitrogen and oxygen atoms in total. The monoisotopic (exact) mass is 132 g/mol. The van der Waals surface area contributed by atoms with Crippen LogP contribution in [0.15, 0.2) is 24.3 Å². The Morgan fingerprint density at radius 2 is 2.33 bits per heavy atom. The minimum Gasteiger partial charge on any atom is -0.134 e. The molecule has 0 saturated heterocycles. The van der Waals surface area contributed by atoms with Crippen LogP contribution >= 0.6 is 11.3 Å². The molecule has 1 heteroatoms. The van der Waals surface area contributed by atoms with Crippen LogP contribution in [0.25, 0.3) is 10.1 Å². The van der Waals surface area contributed by atoms with Gasteiger partial charge in [-0.1, -0.05) is 12.1 Å². The lowest BCUT2D eigenvalue weighted by molar-refractivity contribution is 1.83. The highest BCUT2D eigenvalue weighted by molar-refractivity contribution is 7.16. The predicted molar refractivity (Wildman–Crippen MR) is 39.5 cm³/mol. The largest absolute Gasteiger partial charge is 0.134 e. The molecular weight excluding hydrogens is 128 g/mol. The Kier molecular flexibility index (Phi) is 1.03. The number of rotatable bonds is 0. The van der Waals surface area contributed by atoms with Crippen molar-refractivity contribution in [3.05, 3.63) is 35.7 Å². The first kappa shape index (κ1) is 5.00. The minimum atomic E-state index is 1.26. The summed E-state index contributed by atoms with van der Waals surface area (Å²) in [6.45, 7) is 0. The van der Waals surface area contributed by atoms with Gasteiger partial charge in [-0.15, -0.1) is 11.3 Å². The molecule has 0 atom stereocenters. The van der Waals surface area contributed by atoms with Gasteiger partial charge >= 0.3 is 0 Å². The van der Waals surface area contributed by atoms with Crippen molar-refractivity contribution < 1.29 is 0 Å². The Bertz CT molecular complexity index is 279. The predicted octanol–water partition coefficient (Wildman–Crippen LogP) is 2.50. The number of hydrogen-bond donors (Lipinski definition) is 0. The Balaban J connectivity index is 2.95. The first-order chi connectivity index (χ1) is 4.47. The second-order valence-corrected chi connectivity index (χ2v) is 2.71. The lowest BCUT2D eigenvalue weighted by atomic mass is 10.3. The first-order valence-electron chi connectivity index (χ1n) is 2.72. The minimum absolute atomic E-state index is 1.26. The summed E-state index contributed by atoms with van der Waals surface area (Å²) in [7, 11) is 0. The van der Waals surface area contributed by atoms with Crippen molar-refractivity contribution in [1.29, 1.82) is 0 Å². The van der Waals surface area contributed by atoms with Gasteiger partial charge in [-0.25, -0.2) is 0 Å². The number of hydrogen-bond acceptors (Lipinski definition) is 1. The van der Waals surface area contributed by atoms with E-state index in [1.807, 2.05) is 24.3 Å². The van der Waals surface area contributed by atoms with E-state index in [0.717, 1.165) is 0 Å². The van der Waals surface area contributed by atoms with E-state index < -0.39 is 0 Å². The number of fused-ring (bicyclic) bond motifs is 1. The molecular formula is C8H4S. The number of thiophene rings is 1. The molecule has 9 heavy (non-hydrogen) atoms. The zero-order chi connectivity index (χ0) is 6.10. The molecule has 0 amide bonds. The van der Waals surface area contributed by atoms with E-state index >= 15 is 0 Å². The van der Waals surface area contributed by atoms with Gasteiger partial charge in [0, 0.05) is 10.1 Å². The first-order valence-corrected chi connectivity index (χ1v) is 3.54. The van der Waals surface area contributed by atoms with Crippen LogP contribution in [-0.4, -0.2) is 0 Å². The van der Waals surface area contributed by atoms with Crippen molar-refractivity contribution >= 4 is 21.4 Å². The van der Waals surface area contributed by atoms with E-state index in [1.54, 1.807) is 11.3 Å². The van der Waals surface area contributed by atoms with Crippen LogP contribution in [-0.2, 0) is 0 Å². The normalized spacial score (nSPS) is 10.2. The molecule has 0 spiro atoms. The summed E-state index contributed by atoms with van der Waals surface area (Å²) in [5, 5.41) is 4.32. The number of benzene rings is 1. The van der Waals surface area contributed by atoms with Gasteiger partial charge < -0.3 is 0 Å². The molecule has 1 aromatic carbocycles. The SMILES string of the molecule is [c]1ccc2c[c]sc2c1. The molecule has 0 N–H and O–H groups in total. The summed E-state index contributed by atoms with van der Waals surface area (Å²) < 4.78 is 1.26. The van der Waals surface area contributed by atoms with E-state index in [-0.39, 0.29) is 0 Å². The third-order valence-corrected chi connectivity index (χ3v) is 2.05. The molecule has 0 bridgehead atoms. The van der Waals surface area contributed by atoms with Gasteiger partial charge in [0.2, 0.25) is 0 Å². The zero-order valence-electron chi connectivity index (χ0n) is 4.72. The van der Waals surface area contributed by atoms with Crippen LogP contribution in [0.3, 0.4) is 0 Å². The third-order valence-electron chi connectivity index (χ3n) is 1.24. The molecule has 0 unspecified atom stereocenters. The average molecular weight is 132 g/mol. The van der Waals surface area contributed by atoms with Gasteiger partial charge in [-0.2, -0.15) is 0 Å². The fraction of sp³-hybridized carbons (Fsp3) is 0. The summed E-state index contributed by atoms with van der Waals surface area (Å²) >= 11 is 1.63. The van der Waals surface area contributed by atoms with E-state index in [4.69, 9.17) is 0 Å². The molecule has 2 rings (SSSR count). The Labute approximate surface area is 57.8 Å². The van der Waals surface area contributed by atoms with Gasteiger partial charge in [-0.05, 0) is 23.6 Å². The highest BCUT2D eigenvalue weighted by Gasteiger charge is 1.88. The molecule has 0 aliphatic heterocycles. The zero-order valence-corrected chi connectivity index (χ0v) is 5.53. The van der Waals surface area contributed by atoms with Crippen LogP contribution in [0.4, 0.5) is 0 Å². The lowest BCUT2D eigenvalue weighted by Crippen LogP contribution is -1.57. The molecule has 2 radical (unpaired) electrons. The van der Waals surface area contributed by atoms with Crippen molar-refractivity contribution in [1.82, 2.24) is 0 Å². The Morgan fingerprint density at radius 1 is 1.33 bits per heavy atom. The molecule has 1 aromatic heterocycles. The standard InChI is InChI=1S/C8H4S/c1-2-4-8-7(3-1)5-6-9-8/h1,3-5H. The van der Waals surface area contributed by atoms with Crippen LogP contribution in [0.2, 0.25) is 0 Å². The fourth-order valence-electron chi connectivity index (χ4n) is 0.791. The van der Waals surface area contributed by atoms with E-state index in [1.165, 1.54) is 10.1 Å². The van der Waals surface area contributed by atoms with Gasteiger partial charge in [-0.3, -0.25) is 0 Å². The Hall–Kier alpha value is -0.820. The van der Waals surface area contributed by atoms with Crippen LogP contribution in [0, 0.1) is 11.4 Å². The smallest absolute Gasteiger partial charge is 0.0455 e.